The average molecular weight is 309 g/mol. The van der Waals surface area contributed by atoms with E-state index >= 15 is 0 Å². The highest BCUT2D eigenvalue weighted by Crippen LogP contribution is 2.41. The SMILES string of the molecule is CCC(N)C(c1ccc(C)s1)N1CCC(CC)(CC)CC1. The summed E-state index contributed by atoms with van der Waals surface area (Å²) in [6.07, 6.45) is 6.35. The van der Waals surface area contributed by atoms with Gasteiger partial charge >= 0.3 is 0 Å². The molecule has 120 valence electrons. The smallest absolute Gasteiger partial charge is 0.0593 e. The molecule has 1 saturated heterocycles. The third-order valence-electron chi connectivity index (χ3n) is 5.68. The Morgan fingerprint density at radius 2 is 1.81 bits per heavy atom. The first kappa shape index (κ1) is 17.0. The summed E-state index contributed by atoms with van der Waals surface area (Å²) in [6, 6.07) is 5.20. The molecule has 21 heavy (non-hydrogen) atoms. The van der Waals surface area contributed by atoms with Crippen molar-refractivity contribution in [3.63, 3.8) is 0 Å². The van der Waals surface area contributed by atoms with Gasteiger partial charge in [0, 0.05) is 15.8 Å². The molecule has 0 saturated carbocycles. The van der Waals surface area contributed by atoms with Crippen molar-refractivity contribution in [3.8, 4) is 0 Å². The van der Waals surface area contributed by atoms with Gasteiger partial charge in [0.15, 0.2) is 0 Å². The second kappa shape index (κ2) is 7.26. The third-order valence-corrected chi connectivity index (χ3v) is 6.75. The van der Waals surface area contributed by atoms with Gasteiger partial charge in [0.2, 0.25) is 0 Å². The minimum Gasteiger partial charge on any atom is -0.326 e. The van der Waals surface area contributed by atoms with Gasteiger partial charge in [-0.25, -0.2) is 0 Å². The molecule has 2 atom stereocenters. The Morgan fingerprint density at radius 1 is 1.19 bits per heavy atom. The van der Waals surface area contributed by atoms with E-state index in [1.165, 1.54) is 48.5 Å². The Morgan fingerprint density at radius 3 is 2.24 bits per heavy atom. The van der Waals surface area contributed by atoms with Crippen LogP contribution in [0, 0.1) is 12.3 Å². The van der Waals surface area contributed by atoms with Crippen LogP contribution in [-0.4, -0.2) is 24.0 Å². The van der Waals surface area contributed by atoms with E-state index in [0.29, 0.717) is 11.5 Å². The zero-order valence-corrected chi connectivity index (χ0v) is 15.0. The standard InChI is InChI=1S/C18H32N2S/c1-5-15(19)17(16-9-8-14(4)21-16)20-12-10-18(6-2,7-3)11-13-20/h8-9,15,17H,5-7,10-13,19H2,1-4H3. The molecule has 0 radical (unpaired) electrons. The number of nitrogens with zero attached hydrogens (tertiary/aromatic N) is 1. The summed E-state index contributed by atoms with van der Waals surface area (Å²) < 4.78 is 0. The van der Waals surface area contributed by atoms with Gasteiger partial charge < -0.3 is 5.73 Å². The molecule has 1 fully saturated rings. The Labute approximate surface area is 134 Å². The fourth-order valence-electron chi connectivity index (χ4n) is 3.73. The number of nitrogens with two attached hydrogens (primary N) is 1. The molecule has 0 bridgehead atoms. The van der Waals surface area contributed by atoms with Crippen molar-refractivity contribution in [1.82, 2.24) is 4.90 Å². The van der Waals surface area contributed by atoms with E-state index in [-0.39, 0.29) is 6.04 Å². The Hall–Kier alpha value is -0.380. The van der Waals surface area contributed by atoms with Gasteiger partial charge in [0.05, 0.1) is 6.04 Å². The Balaban J connectivity index is 2.13. The van der Waals surface area contributed by atoms with E-state index in [9.17, 15) is 0 Å². The predicted octanol–water partition coefficient (Wildman–Crippen LogP) is 4.74. The largest absolute Gasteiger partial charge is 0.326 e. The monoisotopic (exact) mass is 308 g/mol. The molecule has 2 N–H and O–H groups in total. The molecule has 0 amide bonds. The molecule has 2 nitrogen and oxygen atoms in total. The lowest BCUT2D eigenvalue weighted by atomic mass is 9.74. The van der Waals surface area contributed by atoms with E-state index in [1.54, 1.807) is 0 Å². The summed E-state index contributed by atoms with van der Waals surface area (Å²) in [4.78, 5) is 5.51. The van der Waals surface area contributed by atoms with Crippen molar-refractivity contribution < 1.29 is 0 Å². The van der Waals surface area contributed by atoms with Crippen LogP contribution in [0.4, 0.5) is 0 Å². The van der Waals surface area contributed by atoms with E-state index in [4.69, 9.17) is 5.73 Å². The van der Waals surface area contributed by atoms with Gasteiger partial charge in [-0.05, 0) is 56.8 Å². The minimum atomic E-state index is 0.249. The fraction of sp³-hybridized carbons (Fsp3) is 0.778. The molecule has 1 aromatic heterocycles. The molecule has 1 aliphatic rings. The van der Waals surface area contributed by atoms with Gasteiger partial charge in [-0.2, -0.15) is 0 Å². The lowest BCUT2D eigenvalue weighted by molar-refractivity contribution is 0.0574. The molecule has 2 heterocycles. The van der Waals surface area contributed by atoms with Crippen LogP contribution in [0.1, 0.15) is 68.7 Å². The summed E-state index contributed by atoms with van der Waals surface area (Å²) in [7, 11) is 0. The molecular formula is C18H32N2S. The number of hydrogen-bond acceptors (Lipinski definition) is 3. The molecular weight excluding hydrogens is 276 g/mol. The van der Waals surface area contributed by atoms with Crippen molar-refractivity contribution >= 4 is 11.3 Å². The van der Waals surface area contributed by atoms with Crippen molar-refractivity contribution in [2.75, 3.05) is 13.1 Å². The first-order chi connectivity index (χ1) is 10.0. The summed E-state index contributed by atoms with van der Waals surface area (Å²) >= 11 is 1.92. The van der Waals surface area contributed by atoms with Crippen molar-refractivity contribution in [2.24, 2.45) is 11.1 Å². The number of hydrogen-bond donors (Lipinski definition) is 1. The first-order valence-corrected chi connectivity index (χ1v) is 9.43. The topological polar surface area (TPSA) is 29.3 Å². The predicted molar refractivity (Wildman–Crippen MR) is 93.9 cm³/mol. The average Bonchev–Trinajstić information content (AvgIpc) is 2.94. The quantitative estimate of drug-likeness (QED) is 0.822. The van der Waals surface area contributed by atoms with Crippen LogP contribution in [0.5, 0.6) is 0 Å². The molecule has 2 unspecified atom stereocenters. The molecule has 1 aromatic rings. The Kier molecular flexibility index (Phi) is 5.87. The number of aryl methyl sites for hydroxylation is 1. The lowest BCUT2D eigenvalue weighted by Gasteiger charge is -2.45. The molecule has 2 rings (SSSR count). The van der Waals surface area contributed by atoms with Crippen LogP contribution in [-0.2, 0) is 0 Å². The van der Waals surface area contributed by atoms with E-state index in [0.717, 1.165) is 6.42 Å². The summed E-state index contributed by atoms with van der Waals surface area (Å²) in [5.74, 6) is 0. The maximum Gasteiger partial charge on any atom is 0.0593 e. The highest BCUT2D eigenvalue weighted by atomic mass is 32.1. The van der Waals surface area contributed by atoms with Gasteiger partial charge in [0.1, 0.15) is 0 Å². The van der Waals surface area contributed by atoms with Crippen molar-refractivity contribution in [2.45, 2.75) is 71.9 Å². The molecule has 0 aromatic carbocycles. The summed E-state index contributed by atoms with van der Waals surface area (Å²) in [6.45, 7) is 11.5. The second-order valence-corrected chi connectivity index (χ2v) is 8.03. The number of piperidine rings is 1. The maximum atomic E-state index is 6.49. The van der Waals surface area contributed by atoms with Gasteiger partial charge in [-0.15, -0.1) is 11.3 Å². The normalized spacial score (nSPS) is 22.1. The number of thiophene rings is 1. The van der Waals surface area contributed by atoms with E-state index in [1.807, 2.05) is 11.3 Å². The van der Waals surface area contributed by atoms with Crippen LogP contribution in [0.2, 0.25) is 0 Å². The van der Waals surface area contributed by atoms with Crippen molar-refractivity contribution in [3.05, 3.63) is 21.9 Å². The number of rotatable bonds is 6. The van der Waals surface area contributed by atoms with Gasteiger partial charge in [0.25, 0.3) is 0 Å². The van der Waals surface area contributed by atoms with Gasteiger partial charge in [-0.1, -0.05) is 33.6 Å². The third kappa shape index (κ3) is 3.69. The number of likely N-dealkylation sites (tertiary alicyclic amines) is 1. The van der Waals surface area contributed by atoms with Gasteiger partial charge in [-0.3, -0.25) is 4.90 Å². The van der Waals surface area contributed by atoms with Crippen LogP contribution in [0.25, 0.3) is 0 Å². The van der Waals surface area contributed by atoms with Crippen LogP contribution < -0.4 is 5.73 Å². The van der Waals surface area contributed by atoms with Crippen LogP contribution in [0.3, 0.4) is 0 Å². The lowest BCUT2D eigenvalue weighted by Crippen LogP contribution is -2.46. The first-order valence-electron chi connectivity index (χ1n) is 8.61. The van der Waals surface area contributed by atoms with E-state index < -0.39 is 0 Å². The summed E-state index contributed by atoms with van der Waals surface area (Å²) in [5.41, 5.74) is 7.07. The summed E-state index contributed by atoms with van der Waals surface area (Å²) in [5, 5.41) is 0. The van der Waals surface area contributed by atoms with Crippen LogP contribution >= 0.6 is 11.3 Å². The Bertz CT molecular complexity index is 426. The molecule has 0 aliphatic carbocycles. The molecule has 3 heteroatoms. The van der Waals surface area contributed by atoms with Crippen LogP contribution in [0.15, 0.2) is 12.1 Å². The second-order valence-electron chi connectivity index (χ2n) is 6.71. The van der Waals surface area contributed by atoms with Crippen molar-refractivity contribution in [1.29, 1.82) is 0 Å². The minimum absolute atomic E-state index is 0.249. The molecule has 1 aliphatic heterocycles. The maximum absolute atomic E-state index is 6.49. The highest BCUT2D eigenvalue weighted by Gasteiger charge is 2.36. The zero-order valence-electron chi connectivity index (χ0n) is 14.2. The molecule has 0 spiro atoms. The highest BCUT2D eigenvalue weighted by molar-refractivity contribution is 7.12. The van der Waals surface area contributed by atoms with E-state index in [2.05, 4.69) is 44.7 Å². The fourth-order valence-corrected chi connectivity index (χ4v) is 4.82. The zero-order chi connectivity index (χ0) is 15.5.